The smallest absolute Gasteiger partial charge is 0.355 e. The molecule has 5 heteroatoms. The third kappa shape index (κ3) is 1.44. The fraction of sp³-hybridized carbons (Fsp3) is 0.600. The maximum Gasteiger partial charge on any atom is 0.355 e. The molecule has 0 amide bonds. The first-order valence-corrected chi connectivity index (χ1v) is 2.93. The first kappa shape index (κ1) is 7.01. The van der Waals surface area contributed by atoms with Crippen molar-refractivity contribution in [3.63, 3.8) is 0 Å². The Balaban J connectivity index is 2.53. The van der Waals surface area contributed by atoms with Gasteiger partial charge in [0.05, 0.1) is 13.8 Å². The number of nitrogens with one attached hydrogen (secondary N) is 2. The summed E-state index contributed by atoms with van der Waals surface area (Å²) in [6.07, 6.45) is 0. The van der Waals surface area contributed by atoms with Crippen LogP contribution in [0.2, 0.25) is 0 Å². The van der Waals surface area contributed by atoms with Gasteiger partial charge in [0, 0.05) is 6.54 Å². The molecule has 0 unspecified atom stereocenters. The summed E-state index contributed by atoms with van der Waals surface area (Å²) >= 11 is 0. The van der Waals surface area contributed by atoms with Crippen molar-refractivity contribution in [3.05, 3.63) is 0 Å². The molecule has 0 atom stereocenters. The minimum Gasteiger partial charge on any atom is -0.464 e. The van der Waals surface area contributed by atoms with Crippen molar-refractivity contribution in [2.75, 3.05) is 20.3 Å². The van der Waals surface area contributed by atoms with Crippen LogP contribution in [0, 0.1) is 0 Å². The van der Waals surface area contributed by atoms with Crippen molar-refractivity contribution >= 4 is 11.7 Å². The van der Waals surface area contributed by atoms with Gasteiger partial charge >= 0.3 is 5.97 Å². The lowest BCUT2D eigenvalue weighted by atomic mass is 10.4. The van der Waals surface area contributed by atoms with Gasteiger partial charge in [-0.25, -0.2) is 4.79 Å². The van der Waals surface area contributed by atoms with Crippen molar-refractivity contribution in [3.8, 4) is 0 Å². The van der Waals surface area contributed by atoms with E-state index in [9.17, 15) is 4.79 Å². The van der Waals surface area contributed by atoms with Gasteiger partial charge in [-0.3, -0.25) is 10.7 Å². The van der Waals surface area contributed by atoms with Crippen LogP contribution >= 0.6 is 0 Å². The maximum absolute atomic E-state index is 10.7. The van der Waals surface area contributed by atoms with Crippen LogP contribution in [-0.4, -0.2) is 32.0 Å². The van der Waals surface area contributed by atoms with E-state index in [1.807, 2.05) is 0 Å². The number of hydrogen-bond donors (Lipinski definition) is 2. The fourth-order valence-electron chi connectivity index (χ4n) is 0.647. The Morgan fingerprint density at radius 3 is 3.10 bits per heavy atom. The molecule has 5 nitrogen and oxygen atoms in total. The molecule has 1 rings (SSSR count). The van der Waals surface area contributed by atoms with Crippen LogP contribution in [-0.2, 0) is 9.53 Å². The largest absolute Gasteiger partial charge is 0.464 e. The SMILES string of the molecule is COC(=O)C1=NNCNC1. The van der Waals surface area contributed by atoms with Crippen LogP contribution in [0.4, 0.5) is 0 Å². The molecule has 0 aromatic carbocycles. The maximum atomic E-state index is 10.7. The second-order valence-electron chi connectivity index (χ2n) is 1.81. The van der Waals surface area contributed by atoms with Crippen LogP contribution < -0.4 is 10.7 Å². The van der Waals surface area contributed by atoms with Gasteiger partial charge in [-0.05, 0) is 0 Å². The number of esters is 1. The molecule has 56 valence electrons. The molecule has 2 N–H and O–H groups in total. The van der Waals surface area contributed by atoms with Gasteiger partial charge in [-0.2, -0.15) is 5.10 Å². The van der Waals surface area contributed by atoms with E-state index < -0.39 is 0 Å². The van der Waals surface area contributed by atoms with Gasteiger partial charge in [0.2, 0.25) is 0 Å². The predicted octanol–water partition coefficient (Wildman–Crippen LogP) is -1.33. The molecular formula is C5H9N3O2. The lowest BCUT2D eigenvalue weighted by Crippen LogP contribution is -2.40. The average Bonchev–Trinajstić information content (AvgIpc) is 2.05. The summed E-state index contributed by atoms with van der Waals surface area (Å²) in [4.78, 5) is 10.7. The molecule has 0 bridgehead atoms. The number of carbonyl (C=O) groups is 1. The van der Waals surface area contributed by atoms with Gasteiger partial charge in [0.1, 0.15) is 0 Å². The van der Waals surface area contributed by atoms with Crippen LogP contribution in [0.1, 0.15) is 0 Å². The number of carbonyl (C=O) groups excluding carboxylic acids is 1. The van der Waals surface area contributed by atoms with Crippen molar-refractivity contribution in [1.82, 2.24) is 10.7 Å². The van der Waals surface area contributed by atoms with E-state index in [2.05, 4.69) is 20.6 Å². The summed E-state index contributed by atoms with van der Waals surface area (Å²) in [6.45, 7) is 1.07. The van der Waals surface area contributed by atoms with Crippen molar-refractivity contribution in [1.29, 1.82) is 0 Å². The molecule has 10 heavy (non-hydrogen) atoms. The minimum absolute atomic E-state index is 0.383. The Hall–Kier alpha value is -1.10. The summed E-state index contributed by atoms with van der Waals surface area (Å²) in [7, 11) is 1.33. The third-order valence-electron chi connectivity index (χ3n) is 1.13. The van der Waals surface area contributed by atoms with Crippen molar-refractivity contribution in [2.24, 2.45) is 5.10 Å². The standard InChI is InChI=1S/C5H9N3O2/c1-10-5(9)4-2-6-3-7-8-4/h6-7H,2-3H2,1H3. The highest BCUT2D eigenvalue weighted by molar-refractivity contribution is 6.37. The number of methoxy groups -OCH3 is 1. The number of rotatable bonds is 1. The van der Waals surface area contributed by atoms with Crippen LogP contribution in [0.15, 0.2) is 5.10 Å². The van der Waals surface area contributed by atoms with Gasteiger partial charge in [-0.1, -0.05) is 0 Å². The quantitative estimate of drug-likeness (QED) is 0.446. The molecule has 1 heterocycles. The zero-order valence-corrected chi connectivity index (χ0v) is 5.68. The highest BCUT2D eigenvalue weighted by atomic mass is 16.5. The highest BCUT2D eigenvalue weighted by Crippen LogP contribution is 1.83. The molecule has 0 aromatic heterocycles. The lowest BCUT2D eigenvalue weighted by Gasteiger charge is -2.11. The molecule has 0 saturated carbocycles. The Kier molecular flexibility index (Phi) is 2.22. The molecule has 1 aliphatic rings. The monoisotopic (exact) mass is 143 g/mol. The van der Waals surface area contributed by atoms with Gasteiger partial charge in [0.25, 0.3) is 0 Å². The van der Waals surface area contributed by atoms with Gasteiger partial charge < -0.3 is 4.74 Å². The van der Waals surface area contributed by atoms with E-state index in [1.165, 1.54) is 7.11 Å². The second-order valence-corrected chi connectivity index (χ2v) is 1.81. The van der Waals surface area contributed by atoms with Crippen LogP contribution in [0.5, 0.6) is 0 Å². The van der Waals surface area contributed by atoms with E-state index in [0.717, 1.165) is 0 Å². The molecule has 0 aromatic rings. The summed E-state index contributed by atoms with van der Waals surface area (Å²) in [5.74, 6) is -0.389. The number of ether oxygens (including phenoxy) is 1. The predicted molar refractivity (Wildman–Crippen MR) is 35.5 cm³/mol. The number of hydrogen-bond acceptors (Lipinski definition) is 5. The van der Waals surface area contributed by atoms with E-state index in [1.54, 1.807) is 0 Å². The van der Waals surface area contributed by atoms with E-state index in [0.29, 0.717) is 18.9 Å². The molecule has 0 spiro atoms. The fourth-order valence-corrected chi connectivity index (χ4v) is 0.647. The Bertz CT molecular complexity index is 166. The first-order valence-electron chi connectivity index (χ1n) is 2.93. The number of nitrogens with zero attached hydrogens (tertiary/aromatic N) is 1. The Morgan fingerprint density at radius 1 is 1.80 bits per heavy atom. The summed E-state index contributed by atoms with van der Waals surface area (Å²) in [6, 6.07) is 0. The summed E-state index contributed by atoms with van der Waals surface area (Å²) in [5.41, 5.74) is 3.01. The normalized spacial score (nSPS) is 17.1. The molecular weight excluding hydrogens is 134 g/mol. The van der Waals surface area contributed by atoms with E-state index >= 15 is 0 Å². The topological polar surface area (TPSA) is 62.7 Å². The zero-order chi connectivity index (χ0) is 7.40. The molecule has 0 aliphatic carbocycles. The molecule has 0 fully saturated rings. The van der Waals surface area contributed by atoms with Crippen molar-refractivity contribution in [2.45, 2.75) is 0 Å². The van der Waals surface area contributed by atoms with Gasteiger partial charge in [-0.15, -0.1) is 0 Å². The summed E-state index contributed by atoms with van der Waals surface area (Å²) in [5, 5.41) is 6.64. The van der Waals surface area contributed by atoms with E-state index in [-0.39, 0.29) is 5.97 Å². The summed E-state index contributed by atoms with van der Waals surface area (Å²) < 4.78 is 4.44. The molecule has 1 aliphatic heterocycles. The van der Waals surface area contributed by atoms with Crippen LogP contribution in [0.25, 0.3) is 0 Å². The molecule has 0 radical (unpaired) electrons. The molecule has 0 saturated heterocycles. The average molecular weight is 143 g/mol. The van der Waals surface area contributed by atoms with Gasteiger partial charge in [0.15, 0.2) is 5.71 Å². The Labute approximate surface area is 58.4 Å². The lowest BCUT2D eigenvalue weighted by molar-refractivity contribution is -0.132. The zero-order valence-electron chi connectivity index (χ0n) is 5.68. The van der Waals surface area contributed by atoms with Crippen LogP contribution in [0.3, 0.4) is 0 Å². The first-order chi connectivity index (χ1) is 4.84. The second kappa shape index (κ2) is 3.17. The Morgan fingerprint density at radius 2 is 2.60 bits per heavy atom. The third-order valence-corrected chi connectivity index (χ3v) is 1.13. The minimum atomic E-state index is -0.389. The number of hydrazone groups is 1. The highest BCUT2D eigenvalue weighted by Gasteiger charge is 2.12. The van der Waals surface area contributed by atoms with Crippen molar-refractivity contribution < 1.29 is 9.53 Å². The van der Waals surface area contributed by atoms with E-state index in [4.69, 9.17) is 0 Å².